The summed E-state index contributed by atoms with van der Waals surface area (Å²) in [5.74, 6) is -1.46. The number of aliphatic hydroxyl groups is 4. The smallest absolute Gasteiger partial charge is 0.204 e. The molecule has 1 heterocycles. The second-order valence-electron chi connectivity index (χ2n) is 7.51. The van der Waals surface area contributed by atoms with Gasteiger partial charge in [-0.25, -0.2) is 0 Å². The van der Waals surface area contributed by atoms with Gasteiger partial charge in [0.1, 0.15) is 30.2 Å². The summed E-state index contributed by atoms with van der Waals surface area (Å²) in [4.78, 5) is 0. The van der Waals surface area contributed by atoms with Crippen LogP contribution >= 0.6 is 11.6 Å². The van der Waals surface area contributed by atoms with Crippen LogP contribution in [0.3, 0.4) is 0 Å². The van der Waals surface area contributed by atoms with Gasteiger partial charge in [-0.2, -0.15) is 0 Å². The molecule has 4 N–H and O–H groups in total. The van der Waals surface area contributed by atoms with Crippen LogP contribution in [0, 0.1) is 5.92 Å². The largest absolute Gasteiger partial charge is 0.494 e. The minimum atomic E-state index is -1.68. The molecule has 3 rings (SSSR count). The van der Waals surface area contributed by atoms with Crippen LogP contribution in [-0.4, -0.2) is 71.0 Å². The van der Waals surface area contributed by atoms with E-state index >= 15 is 0 Å². The Hall–Kier alpha value is -1.45. The first-order chi connectivity index (χ1) is 14.4. The van der Waals surface area contributed by atoms with Crippen LogP contribution in [0.4, 0.5) is 0 Å². The first-order valence-corrected chi connectivity index (χ1v) is 10.4. The van der Waals surface area contributed by atoms with Crippen molar-refractivity contribution in [2.45, 2.75) is 50.0 Å². The van der Waals surface area contributed by atoms with Gasteiger partial charge in [0, 0.05) is 18.1 Å². The van der Waals surface area contributed by atoms with E-state index in [0.29, 0.717) is 24.5 Å². The maximum Gasteiger partial charge on any atom is 0.204 e. The van der Waals surface area contributed by atoms with Crippen molar-refractivity contribution in [2.75, 3.05) is 20.3 Å². The van der Waals surface area contributed by atoms with E-state index in [4.69, 9.17) is 25.8 Å². The van der Waals surface area contributed by atoms with Gasteiger partial charge in [0.15, 0.2) is 0 Å². The summed E-state index contributed by atoms with van der Waals surface area (Å²) >= 11 is 6.54. The Bertz CT molecular complexity index is 776. The van der Waals surface area contributed by atoms with Crippen LogP contribution in [0.5, 0.6) is 5.75 Å². The van der Waals surface area contributed by atoms with Crippen LogP contribution in [0.1, 0.15) is 18.9 Å². The molecule has 1 aliphatic heterocycles. The van der Waals surface area contributed by atoms with Gasteiger partial charge in [-0.15, -0.1) is 0 Å². The van der Waals surface area contributed by atoms with Gasteiger partial charge in [-0.3, -0.25) is 0 Å². The minimum Gasteiger partial charge on any atom is -0.494 e. The van der Waals surface area contributed by atoms with Crippen molar-refractivity contribution in [3.8, 4) is 5.75 Å². The topological polar surface area (TPSA) is 109 Å². The van der Waals surface area contributed by atoms with E-state index in [1.165, 1.54) is 7.11 Å². The molecule has 1 aliphatic carbocycles. The van der Waals surface area contributed by atoms with Crippen molar-refractivity contribution in [2.24, 2.45) is 5.92 Å². The van der Waals surface area contributed by atoms with Crippen LogP contribution in [-0.2, 0) is 15.9 Å². The normalized spacial score (nSPS) is 34.3. The highest BCUT2D eigenvalue weighted by molar-refractivity contribution is 6.31. The summed E-state index contributed by atoms with van der Waals surface area (Å²) in [6, 6.07) is 7.62. The molecule has 30 heavy (non-hydrogen) atoms. The molecule has 8 heteroatoms. The average molecular weight is 441 g/mol. The Balaban J connectivity index is 1.94. The summed E-state index contributed by atoms with van der Waals surface area (Å²) in [7, 11) is 1.36. The summed E-state index contributed by atoms with van der Waals surface area (Å²) in [6.07, 6.45) is -1.12. The van der Waals surface area contributed by atoms with Crippen molar-refractivity contribution in [1.82, 2.24) is 0 Å². The van der Waals surface area contributed by atoms with Crippen molar-refractivity contribution < 1.29 is 34.6 Å². The second kappa shape index (κ2) is 9.78. The number of halogens is 1. The monoisotopic (exact) mass is 440 g/mol. The summed E-state index contributed by atoms with van der Waals surface area (Å²) < 4.78 is 17.0. The highest BCUT2D eigenvalue weighted by Gasteiger charge is 2.58. The van der Waals surface area contributed by atoms with E-state index in [-0.39, 0.29) is 0 Å². The summed E-state index contributed by atoms with van der Waals surface area (Å²) in [5, 5.41) is 41.5. The third-order valence-corrected chi connectivity index (χ3v) is 6.15. The number of benzene rings is 1. The predicted molar refractivity (Wildman–Crippen MR) is 111 cm³/mol. The van der Waals surface area contributed by atoms with Gasteiger partial charge in [-0.1, -0.05) is 29.8 Å². The molecular weight excluding hydrogens is 412 g/mol. The zero-order valence-electron chi connectivity index (χ0n) is 17.1. The Labute approximate surface area is 181 Å². The SMILES string of the molecule is CCOc1ccc(CC2=C(Cl)C=CCC2C2(OC)O[C@H](CO)[C@@H](O)[C@H](O)[C@H]2O)cc1. The number of hydrogen-bond donors (Lipinski definition) is 4. The fourth-order valence-electron chi connectivity index (χ4n) is 4.19. The molecule has 1 saturated heterocycles. The lowest BCUT2D eigenvalue weighted by Gasteiger charge is -2.51. The molecule has 2 unspecified atom stereocenters. The van der Waals surface area contributed by atoms with E-state index in [1.54, 1.807) is 6.08 Å². The second-order valence-corrected chi connectivity index (χ2v) is 7.92. The van der Waals surface area contributed by atoms with Crippen molar-refractivity contribution >= 4 is 11.6 Å². The highest BCUT2D eigenvalue weighted by atomic mass is 35.5. The Morgan fingerprint density at radius 1 is 1.17 bits per heavy atom. The fourth-order valence-corrected chi connectivity index (χ4v) is 4.48. The first-order valence-electron chi connectivity index (χ1n) is 10.0. The van der Waals surface area contributed by atoms with Crippen LogP contribution in [0.15, 0.2) is 47.0 Å². The number of aliphatic hydroxyl groups excluding tert-OH is 4. The van der Waals surface area contributed by atoms with Gasteiger partial charge < -0.3 is 34.6 Å². The minimum absolute atomic E-state index is 0.439. The van der Waals surface area contributed by atoms with Crippen LogP contribution in [0.25, 0.3) is 0 Å². The lowest BCUT2D eigenvalue weighted by Crippen LogP contribution is -2.68. The molecule has 0 spiro atoms. The molecule has 1 aromatic carbocycles. The van der Waals surface area contributed by atoms with Gasteiger partial charge in [0.2, 0.25) is 5.79 Å². The maximum absolute atomic E-state index is 10.8. The highest BCUT2D eigenvalue weighted by Crippen LogP contribution is 2.45. The number of methoxy groups -OCH3 is 1. The van der Waals surface area contributed by atoms with Crippen molar-refractivity contribution in [3.63, 3.8) is 0 Å². The average Bonchev–Trinajstić information content (AvgIpc) is 2.76. The van der Waals surface area contributed by atoms with E-state index in [1.807, 2.05) is 37.3 Å². The standard InChI is InChI=1S/C22H29ClO7/c1-3-29-14-9-7-13(8-10-14)11-15-16(5-4-6-17(15)23)22(28-2)21(27)20(26)19(25)18(12-24)30-22/h4,6-10,16,18-21,24-27H,3,5,11-12H2,1-2H3/t16?,18-,19-,20+,21-,22?/m1/s1. The maximum atomic E-state index is 10.8. The van der Waals surface area contributed by atoms with Crippen molar-refractivity contribution in [1.29, 1.82) is 0 Å². The third-order valence-electron chi connectivity index (χ3n) is 5.78. The number of rotatable bonds is 7. The number of hydrogen-bond acceptors (Lipinski definition) is 7. The van der Waals surface area contributed by atoms with Gasteiger partial charge in [0.25, 0.3) is 0 Å². The quantitative estimate of drug-likeness (QED) is 0.509. The van der Waals surface area contributed by atoms with E-state index in [9.17, 15) is 20.4 Å². The van der Waals surface area contributed by atoms with Gasteiger partial charge >= 0.3 is 0 Å². The lowest BCUT2D eigenvalue weighted by atomic mass is 9.75. The molecule has 0 saturated carbocycles. The molecule has 0 bridgehead atoms. The molecule has 0 amide bonds. The van der Waals surface area contributed by atoms with E-state index < -0.39 is 42.7 Å². The van der Waals surface area contributed by atoms with Crippen LogP contribution in [0.2, 0.25) is 0 Å². The molecule has 7 nitrogen and oxygen atoms in total. The van der Waals surface area contributed by atoms with Crippen molar-refractivity contribution in [3.05, 3.63) is 52.6 Å². The molecule has 166 valence electrons. The third kappa shape index (κ3) is 4.29. The Kier molecular flexibility index (Phi) is 7.57. The predicted octanol–water partition coefficient (Wildman–Crippen LogP) is 1.51. The van der Waals surface area contributed by atoms with Gasteiger partial charge in [0.05, 0.1) is 13.2 Å². The molecule has 0 radical (unpaired) electrons. The number of ether oxygens (including phenoxy) is 3. The lowest BCUT2D eigenvalue weighted by molar-refractivity contribution is -0.372. The molecule has 0 aromatic heterocycles. The van der Waals surface area contributed by atoms with E-state index in [0.717, 1.165) is 16.9 Å². The zero-order valence-corrected chi connectivity index (χ0v) is 17.8. The zero-order chi connectivity index (χ0) is 21.9. The molecule has 6 atom stereocenters. The molecular formula is C22H29ClO7. The van der Waals surface area contributed by atoms with E-state index in [2.05, 4.69) is 0 Å². The Morgan fingerprint density at radius 2 is 1.87 bits per heavy atom. The fraction of sp³-hybridized carbons (Fsp3) is 0.545. The first kappa shape index (κ1) is 23.2. The summed E-state index contributed by atoms with van der Waals surface area (Å²) in [5.41, 5.74) is 1.74. The van der Waals surface area contributed by atoms with Crippen LogP contribution < -0.4 is 4.74 Å². The van der Waals surface area contributed by atoms with Gasteiger partial charge in [-0.05, 0) is 49.1 Å². The molecule has 1 fully saturated rings. The number of allylic oxidation sites excluding steroid dienone is 3. The summed E-state index contributed by atoms with van der Waals surface area (Å²) in [6.45, 7) is 1.96. The molecule has 1 aromatic rings. The Morgan fingerprint density at radius 3 is 2.47 bits per heavy atom. The molecule has 2 aliphatic rings.